The van der Waals surface area contributed by atoms with Crippen molar-refractivity contribution in [3.63, 3.8) is 0 Å². The van der Waals surface area contributed by atoms with Crippen LogP contribution in [0.25, 0.3) is 10.9 Å². The third-order valence-electron chi connectivity index (χ3n) is 3.61. The van der Waals surface area contributed by atoms with Gasteiger partial charge in [0.05, 0.1) is 17.4 Å². The normalized spacial score (nSPS) is 11.6. The minimum atomic E-state index is -3.91. The number of sulfonamides is 1. The van der Waals surface area contributed by atoms with Crippen LogP contribution >= 0.6 is 0 Å². The molecule has 124 valence electrons. The van der Waals surface area contributed by atoms with Crippen LogP contribution in [0.3, 0.4) is 0 Å². The molecule has 0 aliphatic heterocycles. The van der Waals surface area contributed by atoms with Gasteiger partial charge in [-0.2, -0.15) is 5.10 Å². The quantitative estimate of drug-likeness (QED) is 0.684. The summed E-state index contributed by atoms with van der Waals surface area (Å²) in [7, 11) is -2.28. The molecule has 24 heavy (non-hydrogen) atoms. The smallest absolute Gasteiger partial charge is 0.272 e. The zero-order valence-electron chi connectivity index (χ0n) is 13.0. The largest absolute Gasteiger partial charge is 0.284 e. The first-order valence-electron chi connectivity index (χ1n) is 7.05. The average Bonchev–Trinajstić information content (AvgIpc) is 2.92. The molecular formula is C15H15N5O3S. The van der Waals surface area contributed by atoms with E-state index in [2.05, 4.69) is 20.3 Å². The summed E-state index contributed by atoms with van der Waals surface area (Å²) in [6, 6.07) is 10.6. The monoisotopic (exact) mass is 345 g/mol. The molecule has 1 amide bonds. The van der Waals surface area contributed by atoms with E-state index >= 15 is 0 Å². The Hall–Kier alpha value is -2.78. The molecule has 9 heteroatoms. The number of para-hydroxylation sites is 1. The number of nitrogens with one attached hydrogen (secondary N) is 2. The van der Waals surface area contributed by atoms with E-state index in [1.165, 1.54) is 16.9 Å². The Kier molecular flexibility index (Phi) is 4.04. The van der Waals surface area contributed by atoms with Gasteiger partial charge in [0, 0.05) is 12.4 Å². The van der Waals surface area contributed by atoms with Crippen molar-refractivity contribution in [2.45, 2.75) is 11.8 Å². The van der Waals surface area contributed by atoms with Crippen LogP contribution in [0.2, 0.25) is 0 Å². The maximum Gasteiger partial charge on any atom is 0.284 e. The summed E-state index contributed by atoms with van der Waals surface area (Å²) in [5.41, 5.74) is 3.38. The molecule has 0 spiro atoms. The topological polar surface area (TPSA) is 106 Å². The van der Waals surface area contributed by atoms with Crippen molar-refractivity contribution in [2.24, 2.45) is 7.05 Å². The molecule has 3 rings (SSSR count). The van der Waals surface area contributed by atoms with Crippen molar-refractivity contribution in [1.82, 2.24) is 25.0 Å². The molecule has 2 aromatic heterocycles. The maximum absolute atomic E-state index is 12.2. The molecule has 2 N–H and O–H groups in total. The van der Waals surface area contributed by atoms with Crippen molar-refractivity contribution < 1.29 is 13.2 Å². The Bertz CT molecular complexity index is 1030. The number of carbonyl (C=O) groups excluding carboxylic acids is 1. The average molecular weight is 345 g/mol. The molecule has 0 aliphatic rings. The van der Waals surface area contributed by atoms with Crippen molar-refractivity contribution in [2.75, 3.05) is 0 Å². The summed E-state index contributed by atoms with van der Waals surface area (Å²) < 4.78 is 25.9. The molecule has 3 aromatic rings. The van der Waals surface area contributed by atoms with Gasteiger partial charge in [-0.1, -0.05) is 24.3 Å². The SMILES string of the molecule is Cc1c(S(=O)(=O)NNC(=O)c2ccc3ccccc3n2)cnn1C. The van der Waals surface area contributed by atoms with Gasteiger partial charge in [0.25, 0.3) is 15.9 Å². The van der Waals surface area contributed by atoms with Crippen LogP contribution in [0.4, 0.5) is 0 Å². The van der Waals surface area contributed by atoms with Crippen LogP contribution in [-0.2, 0) is 17.1 Å². The second kappa shape index (κ2) is 6.02. The molecule has 8 nitrogen and oxygen atoms in total. The second-order valence-corrected chi connectivity index (χ2v) is 6.82. The molecular weight excluding hydrogens is 330 g/mol. The van der Waals surface area contributed by atoms with Gasteiger partial charge < -0.3 is 0 Å². The first kappa shape index (κ1) is 16.1. The van der Waals surface area contributed by atoms with E-state index in [4.69, 9.17) is 0 Å². The second-order valence-electron chi connectivity index (χ2n) is 5.17. The number of hydrazine groups is 1. The Morgan fingerprint density at radius 2 is 1.92 bits per heavy atom. The van der Waals surface area contributed by atoms with Crippen LogP contribution in [-0.4, -0.2) is 29.1 Å². The highest BCUT2D eigenvalue weighted by Crippen LogP contribution is 2.13. The number of hydrogen-bond acceptors (Lipinski definition) is 5. The maximum atomic E-state index is 12.2. The molecule has 0 radical (unpaired) electrons. The third kappa shape index (κ3) is 2.99. The Morgan fingerprint density at radius 1 is 1.17 bits per heavy atom. The highest BCUT2D eigenvalue weighted by Gasteiger charge is 2.21. The minimum absolute atomic E-state index is 0.00299. The summed E-state index contributed by atoms with van der Waals surface area (Å²) in [6.07, 6.45) is 1.22. The van der Waals surface area contributed by atoms with Gasteiger partial charge in [0.1, 0.15) is 10.6 Å². The number of benzene rings is 1. The van der Waals surface area contributed by atoms with Gasteiger partial charge >= 0.3 is 0 Å². The number of carbonyl (C=O) groups is 1. The Morgan fingerprint density at radius 3 is 2.62 bits per heavy atom. The summed E-state index contributed by atoms with van der Waals surface area (Å²) in [4.78, 5) is 18.4. The van der Waals surface area contributed by atoms with E-state index in [9.17, 15) is 13.2 Å². The zero-order valence-corrected chi connectivity index (χ0v) is 13.8. The molecule has 0 unspecified atom stereocenters. The Labute approximate surface area is 138 Å². The van der Waals surface area contributed by atoms with Crippen molar-refractivity contribution in [3.8, 4) is 0 Å². The predicted molar refractivity (Wildman–Crippen MR) is 87.5 cm³/mol. The van der Waals surface area contributed by atoms with E-state index in [-0.39, 0.29) is 10.6 Å². The highest BCUT2D eigenvalue weighted by molar-refractivity contribution is 7.89. The molecule has 0 aliphatic carbocycles. The number of rotatable bonds is 4. The predicted octanol–water partition coefficient (Wildman–Crippen LogP) is 0.900. The summed E-state index contributed by atoms with van der Waals surface area (Å²) in [6.45, 7) is 1.62. The number of aryl methyl sites for hydroxylation is 1. The fourth-order valence-corrected chi connectivity index (χ4v) is 3.21. The first-order valence-corrected chi connectivity index (χ1v) is 8.53. The number of fused-ring (bicyclic) bond motifs is 1. The van der Waals surface area contributed by atoms with Gasteiger partial charge in [0.2, 0.25) is 0 Å². The van der Waals surface area contributed by atoms with Crippen molar-refractivity contribution >= 4 is 26.8 Å². The third-order valence-corrected chi connectivity index (χ3v) is 4.96. The number of aromatic nitrogens is 3. The fourth-order valence-electron chi connectivity index (χ4n) is 2.17. The number of nitrogens with zero attached hydrogens (tertiary/aromatic N) is 3. The van der Waals surface area contributed by atoms with Gasteiger partial charge in [-0.3, -0.25) is 14.9 Å². The van der Waals surface area contributed by atoms with Crippen molar-refractivity contribution in [3.05, 3.63) is 54.0 Å². The van der Waals surface area contributed by atoms with E-state index in [0.29, 0.717) is 11.2 Å². The number of pyridine rings is 1. The van der Waals surface area contributed by atoms with E-state index in [1.54, 1.807) is 26.1 Å². The van der Waals surface area contributed by atoms with E-state index in [0.717, 1.165) is 5.39 Å². The van der Waals surface area contributed by atoms with Crippen LogP contribution in [0.15, 0.2) is 47.5 Å². The molecule has 1 aromatic carbocycles. The van der Waals surface area contributed by atoms with E-state index in [1.807, 2.05) is 18.2 Å². The molecule has 0 saturated heterocycles. The standard InChI is InChI=1S/C15H15N5O3S/c1-10-14(9-16-20(10)2)24(22,23)19-18-15(21)13-8-7-11-5-3-4-6-12(11)17-13/h3-9,19H,1-2H3,(H,18,21). The molecule has 0 atom stereocenters. The highest BCUT2D eigenvalue weighted by atomic mass is 32.2. The van der Waals surface area contributed by atoms with Crippen LogP contribution < -0.4 is 10.3 Å². The summed E-state index contributed by atoms with van der Waals surface area (Å²) in [5.74, 6) is -0.647. The zero-order chi connectivity index (χ0) is 17.3. The number of amides is 1. The van der Waals surface area contributed by atoms with Gasteiger partial charge in [-0.25, -0.2) is 13.4 Å². The van der Waals surface area contributed by atoms with Crippen LogP contribution in [0.5, 0.6) is 0 Å². The molecule has 0 saturated carbocycles. The lowest BCUT2D eigenvalue weighted by atomic mass is 10.2. The van der Waals surface area contributed by atoms with E-state index < -0.39 is 15.9 Å². The fraction of sp³-hybridized carbons (Fsp3) is 0.133. The lowest BCUT2D eigenvalue weighted by molar-refractivity contribution is 0.0940. The molecule has 0 bridgehead atoms. The van der Waals surface area contributed by atoms with Gasteiger partial charge in [-0.05, 0) is 19.1 Å². The lowest BCUT2D eigenvalue weighted by Crippen LogP contribution is -2.42. The van der Waals surface area contributed by atoms with Gasteiger partial charge in [-0.15, -0.1) is 4.83 Å². The molecule has 2 heterocycles. The molecule has 0 fully saturated rings. The number of hydrogen-bond donors (Lipinski definition) is 2. The summed E-state index contributed by atoms with van der Waals surface area (Å²) >= 11 is 0. The lowest BCUT2D eigenvalue weighted by Gasteiger charge is -2.08. The summed E-state index contributed by atoms with van der Waals surface area (Å²) in [5, 5.41) is 4.76. The van der Waals surface area contributed by atoms with Gasteiger partial charge in [0.15, 0.2) is 0 Å². The Balaban J connectivity index is 1.78. The van der Waals surface area contributed by atoms with Crippen LogP contribution in [0.1, 0.15) is 16.2 Å². The first-order chi connectivity index (χ1) is 11.4. The minimum Gasteiger partial charge on any atom is -0.272 e. The van der Waals surface area contributed by atoms with Crippen molar-refractivity contribution in [1.29, 1.82) is 0 Å². The van der Waals surface area contributed by atoms with Crippen LogP contribution in [0, 0.1) is 6.92 Å².